The van der Waals surface area contributed by atoms with E-state index in [0.717, 1.165) is 32.2 Å². The van der Waals surface area contributed by atoms with Crippen molar-refractivity contribution in [2.24, 2.45) is 5.92 Å². The van der Waals surface area contributed by atoms with Gasteiger partial charge in [0.1, 0.15) is 17.7 Å². The summed E-state index contributed by atoms with van der Waals surface area (Å²) in [5.41, 5.74) is 2.37. The van der Waals surface area contributed by atoms with E-state index < -0.39 is 41.4 Å². The molecule has 2 atom stereocenters. The monoisotopic (exact) mass is 606 g/mol. The molecule has 1 aliphatic heterocycles. The summed E-state index contributed by atoms with van der Waals surface area (Å²) in [5.74, 6) is -2.56. The zero-order chi connectivity index (χ0) is 30.6. The van der Waals surface area contributed by atoms with Gasteiger partial charge in [0.25, 0.3) is 0 Å². The molecule has 0 aromatic heterocycles. The topological polar surface area (TPSA) is 77.1 Å². The van der Waals surface area contributed by atoms with Crippen LogP contribution in [0, 0.1) is 17.6 Å². The molecule has 0 bridgehead atoms. The number of ether oxygens (including phenoxy) is 3. The number of rotatable bonds is 8. The minimum Gasteiger partial charge on any atom is -0.485 e. The highest BCUT2D eigenvalue weighted by Crippen LogP contribution is 2.40. The van der Waals surface area contributed by atoms with Crippen LogP contribution in [0.5, 0.6) is 5.75 Å². The van der Waals surface area contributed by atoms with E-state index >= 15 is 4.39 Å². The van der Waals surface area contributed by atoms with Gasteiger partial charge in [0.05, 0.1) is 18.7 Å². The number of methoxy groups -OCH3 is 1. The zero-order valence-electron chi connectivity index (χ0n) is 25.0. The van der Waals surface area contributed by atoms with Crippen molar-refractivity contribution in [2.75, 3.05) is 20.7 Å². The standard InChI is InChI=1S/C32H41ClF2N2O5/c1-32(2,3)42-31(39)37-18-23(16-25(37)30(38)40-5)41-26-15-22(27(33)29(35)28(26)34)14-19-10-12-20(13-11-19)24-9-7-6-8-21(24)17-36-4/h6-9,15,19-20,23,25,36H,10-14,16-18H2,1-5H3/t19-,20-,23-,25-/m0/s1. The van der Waals surface area contributed by atoms with E-state index in [-0.39, 0.29) is 29.7 Å². The number of amides is 1. The maximum atomic E-state index is 15.0. The SMILES string of the molecule is CNCc1ccccc1[C@H]1CC[C@H](Cc2cc(O[C@H]3C[C@@H](C(=O)OC)N(C(=O)OC(C)(C)C)C3)c(F)c(F)c2Cl)CC1. The summed E-state index contributed by atoms with van der Waals surface area (Å²) in [6, 6.07) is 8.98. The minimum atomic E-state index is -1.20. The molecule has 2 aliphatic rings. The van der Waals surface area contributed by atoms with Crippen LogP contribution in [0.3, 0.4) is 0 Å². The fraction of sp³-hybridized carbons (Fsp3) is 0.562. The number of carbonyl (C=O) groups excluding carboxylic acids is 2. The zero-order valence-corrected chi connectivity index (χ0v) is 25.7. The Bertz CT molecular complexity index is 1280. The van der Waals surface area contributed by atoms with Crippen LogP contribution >= 0.6 is 11.6 Å². The number of halogens is 3. The quantitative estimate of drug-likeness (QED) is 0.264. The van der Waals surface area contributed by atoms with Crippen LogP contribution < -0.4 is 10.1 Å². The third-order valence-corrected chi connectivity index (χ3v) is 8.47. The number of hydrogen-bond acceptors (Lipinski definition) is 6. The number of carbonyl (C=O) groups is 2. The molecule has 42 heavy (non-hydrogen) atoms. The van der Waals surface area contributed by atoms with Crippen LogP contribution in [0.4, 0.5) is 13.6 Å². The summed E-state index contributed by atoms with van der Waals surface area (Å²) < 4.78 is 46.2. The molecule has 2 aromatic rings. The second-order valence-corrected chi connectivity index (χ2v) is 12.7. The van der Waals surface area contributed by atoms with E-state index in [1.165, 1.54) is 29.2 Å². The Balaban J connectivity index is 1.46. The average Bonchev–Trinajstić information content (AvgIpc) is 3.38. The molecule has 230 valence electrons. The molecule has 1 amide bonds. The van der Waals surface area contributed by atoms with Gasteiger partial charge in [0, 0.05) is 13.0 Å². The molecule has 1 saturated heterocycles. The van der Waals surface area contributed by atoms with E-state index in [1.54, 1.807) is 20.8 Å². The molecule has 10 heteroatoms. The Morgan fingerprint density at radius 3 is 2.40 bits per heavy atom. The lowest BCUT2D eigenvalue weighted by Crippen LogP contribution is -2.44. The second-order valence-electron chi connectivity index (χ2n) is 12.3. The van der Waals surface area contributed by atoms with Crippen LogP contribution in [-0.4, -0.2) is 55.4 Å². The van der Waals surface area contributed by atoms with Gasteiger partial charge in [-0.05, 0) is 94.5 Å². The van der Waals surface area contributed by atoms with Crippen molar-refractivity contribution in [2.45, 2.75) is 89.5 Å². The lowest BCUT2D eigenvalue weighted by Gasteiger charge is -2.30. The maximum Gasteiger partial charge on any atom is 0.411 e. The molecule has 2 fully saturated rings. The molecule has 4 rings (SSSR count). The maximum absolute atomic E-state index is 15.0. The van der Waals surface area contributed by atoms with Crippen molar-refractivity contribution in [3.05, 3.63) is 63.7 Å². The summed E-state index contributed by atoms with van der Waals surface area (Å²) >= 11 is 6.29. The second kappa shape index (κ2) is 13.6. The van der Waals surface area contributed by atoms with E-state index in [0.29, 0.717) is 17.9 Å². The Kier molecular flexibility index (Phi) is 10.4. The van der Waals surface area contributed by atoms with Crippen LogP contribution in [0.25, 0.3) is 0 Å². The molecule has 1 saturated carbocycles. The van der Waals surface area contributed by atoms with Crippen LogP contribution in [0.1, 0.15) is 75.5 Å². The first-order valence-electron chi connectivity index (χ1n) is 14.5. The fourth-order valence-electron chi connectivity index (χ4n) is 6.08. The number of esters is 1. The van der Waals surface area contributed by atoms with Crippen molar-refractivity contribution in [3.63, 3.8) is 0 Å². The van der Waals surface area contributed by atoms with Gasteiger partial charge in [-0.3, -0.25) is 4.90 Å². The highest BCUT2D eigenvalue weighted by atomic mass is 35.5. The van der Waals surface area contributed by atoms with Gasteiger partial charge < -0.3 is 19.5 Å². The number of benzene rings is 2. The van der Waals surface area contributed by atoms with E-state index in [1.807, 2.05) is 7.05 Å². The Labute approximate surface area is 251 Å². The summed E-state index contributed by atoms with van der Waals surface area (Å²) in [4.78, 5) is 26.4. The predicted molar refractivity (Wildman–Crippen MR) is 157 cm³/mol. The van der Waals surface area contributed by atoms with Crippen LogP contribution in [0.2, 0.25) is 5.02 Å². The summed E-state index contributed by atoms with van der Waals surface area (Å²) in [5, 5.41) is 3.00. The molecule has 1 N–H and O–H groups in total. The first-order valence-corrected chi connectivity index (χ1v) is 14.9. The first kappa shape index (κ1) is 32.0. The predicted octanol–water partition coefficient (Wildman–Crippen LogP) is 6.78. The van der Waals surface area contributed by atoms with Gasteiger partial charge in [-0.25, -0.2) is 14.0 Å². The average molecular weight is 607 g/mol. The van der Waals surface area contributed by atoms with Gasteiger partial charge in [-0.2, -0.15) is 4.39 Å². The van der Waals surface area contributed by atoms with E-state index in [9.17, 15) is 14.0 Å². The lowest BCUT2D eigenvalue weighted by molar-refractivity contribution is -0.145. The highest BCUT2D eigenvalue weighted by molar-refractivity contribution is 6.31. The Morgan fingerprint density at radius 2 is 1.76 bits per heavy atom. The first-order chi connectivity index (χ1) is 19.9. The molecule has 1 heterocycles. The lowest BCUT2D eigenvalue weighted by atomic mass is 9.75. The van der Waals surface area contributed by atoms with Gasteiger partial charge in [0.2, 0.25) is 5.82 Å². The van der Waals surface area contributed by atoms with Crippen LogP contribution in [-0.2, 0) is 27.2 Å². The van der Waals surface area contributed by atoms with Gasteiger partial charge in [0.15, 0.2) is 11.6 Å². The third-order valence-electron chi connectivity index (χ3n) is 8.06. The normalized spacial score (nSPS) is 22.6. The van der Waals surface area contributed by atoms with Crippen molar-refractivity contribution in [1.29, 1.82) is 0 Å². The molecule has 2 aromatic carbocycles. The van der Waals surface area contributed by atoms with Crippen molar-refractivity contribution in [1.82, 2.24) is 10.2 Å². The van der Waals surface area contributed by atoms with Crippen molar-refractivity contribution in [3.8, 4) is 5.75 Å². The van der Waals surface area contributed by atoms with Crippen LogP contribution in [0.15, 0.2) is 30.3 Å². The Morgan fingerprint density at radius 1 is 1.07 bits per heavy atom. The molecule has 0 unspecified atom stereocenters. The van der Waals surface area contributed by atoms with E-state index in [4.69, 9.17) is 25.8 Å². The van der Waals surface area contributed by atoms with Gasteiger partial charge in [-0.15, -0.1) is 0 Å². The highest BCUT2D eigenvalue weighted by Gasteiger charge is 2.43. The summed E-state index contributed by atoms with van der Waals surface area (Å²) in [7, 11) is 3.16. The number of likely N-dealkylation sites (tertiary alicyclic amines) is 1. The number of hydrogen-bond donors (Lipinski definition) is 1. The minimum absolute atomic E-state index is 0.0456. The van der Waals surface area contributed by atoms with Crippen molar-refractivity contribution >= 4 is 23.7 Å². The number of nitrogens with one attached hydrogen (secondary N) is 1. The largest absolute Gasteiger partial charge is 0.485 e. The van der Waals surface area contributed by atoms with Gasteiger partial charge in [-0.1, -0.05) is 35.9 Å². The molecular formula is C32H41ClF2N2O5. The molecular weight excluding hydrogens is 566 g/mol. The fourth-order valence-corrected chi connectivity index (χ4v) is 6.30. The number of nitrogens with zero attached hydrogens (tertiary/aromatic N) is 1. The summed E-state index contributed by atoms with van der Waals surface area (Å²) in [6.45, 7) is 5.91. The summed E-state index contributed by atoms with van der Waals surface area (Å²) in [6.07, 6.45) is 2.95. The van der Waals surface area contributed by atoms with Crippen molar-refractivity contribution < 1.29 is 32.6 Å². The van der Waals surface area contributed by atoms with Gasteiger partial charge >= 0.3 is 12.1 Å². The van der Waals surface area contributed by atoms with E-state index in [2.05, 4.69) is 29.6 Å². The Hall–Kier alpha value is -2.91. The molecule has 1 aliphatic carbocycles. The molecule has 0 spiro atoms. The third kappa shape index (κ3) is 7.53. The molecule has 0 radical (unpaired) electrons. The molecule has 7 nitrogen and oxygen atoms in total. The smallest absolute Gasteiger partial charge is 0.411 e.